The van der Waals surface area contributed by atoms with E-state index in [-0.39, 0.29) is 6.61 Å². The van der Waals surface area contributed by atoms with E-state index in [0.717, 1.165) is 18.6 Å². The van der Waals surface area contributed by atoms with Gasteiger partial charge in [-0.05, 0) is 71.5 Å². The zero-order valence-electron chi connectivity index (χ0n) is 20.4. The first kappa shape index (κ1) is 24.5. The van der Waals surface area contributed by atoms with Crippen LogP contribution in [0.4, 0.5) is 0 Å². The van der Waals surface area contributed by atoms with Crippen LogP contribution in [0.1, 0.15) is 36.1 Å². The van der Waals surface area contributed by atoms with Crippen molar-refractivity contribution in [3.05, 3.63) is 119 Å². The zero-order valence-corrected chi connectivity index (χ0v) is 20.4. The van der Waals surface area contributed by atoms with Crippen molar-refractivity contribution >= 4 is 0 Å². The average Bonchev–Trinajstić information content (AvgIpc) is 3.21. The molecule has 5 rings (SSSR count). The Balaban J connectivity index is 0.00000141. The first-order valence-corrected chi connectivity index (χ1v) is 11.9. The summed E-state index contributed by atoms with van der Waals surface area (Å²) in [5.74, 6) is 1.62. The molecule has 0 fully saturated rings. The van der Waals surface area contributed by atoms with Crippen LogP contribution in [0.5, 0.6) is 11.5 Å². The molecule has 0 spiro atoms. The third-order valence-corrected chi connectivity index (χ3v) is 6.33. The quantitative estimate of drug-likeness (QED) is 0.316. The van der Waals surface area contributed by atoms with E-state index in [9.17, 15) is 5.11 Å². The topological polar surface area (TPSA) is 58.9 Å². The lowest BCUT2D eigenvalue weighted by molar-refractivity contribution is 0.122. The van der Waals surface area contributed by atoms with Crippen LogP contribution in [0.3, 0.4) is 0 Å². The van der Waals surface area contributed by atoms with Crippen LogP contribution >= 0.6 is 0 Å². The van der Waals surface area contributed by atoms with Crippen molar-refractivity contribution in [1.82, 2.24) is 0 Å². The largest absolute Gasteiger partial charge is 0.494 e. The van der Waals surface area contributed by atoms with Gasteiger partial charge in [0.2, 0.25) is 0 Å². The van der Waals surface area contributed by atoms with Crippen molar-refractivity contribution in [2.75, 3.05) is 20.3 Å². The van der Waals surface area contributed by atoms with Crippen LogP contribution in [0.25, 0.3) is 11.1 Å². The Hall–Kier alpha value is -3.60. The zero-order chi connectivity index (χ0) is 24.8. The predicted molar refractivity (Wildman–Crippen MR) is 140 cm³/mol. The summed E-state index contributed by atoms with van der Waals surface area (Å²) in [6.07, 6.45) is -0.506. The van der Waals surface area contributed by atoms with E-state index in [1.54, 1.807) is 6.92 Å². The Kier molecular flexibility index (Phi) is 7.54. The van der Waals surface area contributed by atoms with Crippen LogP contribution < -0.4 is 9.47 Å². The van der Waals surface area contributed by atoms with Crippen LogP contribution in [0.15, 0.2) is 97.1 Å². The molecule has 0 radical (unpaired) electrons. The molecule has 0 saturated carbocycles. The number of aliphatic hydroxyl groups is 2. The lowest BCUT2D eigenvalue weighted by atomic mass is 9.68. The van der Waals surface area contributed by atoms with Crippen molar-refractivity contribution in [3.63, 3.8) is 0 Å². The molecule has 0 amide bonds. The minimum absolute atomic E-state index is 0.273. The van der Waals surface area contributed by atoms with Crippen LogP contribution in [0, 0.1) is 0 Å². The average molecular weight is 469 g/mol. The summed E-state index contributed by atoms with van der Waals surface area (Å²) in [5, 5.41) is 16.6. The number of fused-ring (bicyclic) bond motifs is 3. The summed E-state index contributed by atoms with van der Waals surface area (Å²) >= 11 is 0. The van der Waals surface area contributed by atoms with Gasteiger partial charge in [0, 0.05) is 7.11 Å². The van der Waals surface area contributed by atoms with Gasteiger partial charge in [0.1, 0.15) is 18.1 Å². The van der Waals surface area contributed by atoms with E-state index in [2.05, 4.69) is 84.9 Å². The number of hydrogen-bond acceptors (Lipinski definition) is 4. The van der Waals surface area contributed by atoms with E-state index >= 15 is 0 Å². The summed E-state index contributed by atoms with van der Waals surface area (Å²) < 4.78 is 11.5. The van der Waals surface area contributed by atoms with Gasteiger partial charge in [-0.3, -0.25) is 0 Å². The molecule has 180 valence electrons. The normalized spacial score (nSPS) is 13.6. The summed E-state index contributed by atoms with van der Waals surface area (Å²) in [6, 6.07) is 34.1. The maximum atomic E-state index is 9.57. The molecule has 1 unspecified atom stereocenters. The highest BCUT2D eigenvalue weighted by Crippen LogP contribution is 2.56. The first-order chi connectivity index (χ1) is 17.1. The summed E-state index contributed by atoms with van der Waals surface area (Å²) in [4.78, 5) is 0. The minimum atomic E-state index is -0.506. The molecule has 0 aliphatic heterocycles. The third-order valence-electron chi connectivity index (χ3n) is 6.33. The summed E-state index contributed by atoms with van der Waals surface area (Å²) in [5.41, 5.74) is 6.99. The Morgan fingerprint density at radius 1 is 0.657 bits per heavy atom. The smallest absolute Gasteiger partial charge is 0.119 e. The van der Waals surface area contributed by atoms with Crippen molar-refractivity contribution in [3.8, 4) is 22.6 Å². The number of ether oxygens (including phenoxy) is 2. The highest BCUT2D eigenvalue weighted by molar-refractivity contribution is 5.86. The van der Waals surface area contributed by atoms with Gasteiger partial charge in [0.05, 0.1) is 18.1 Å². The Morgan fingerprint density at radius 3 is 1.51 bits per heavy atom. The maximum absolute atomic E-state index is 9.57. The molecule has 4 nitrogen and oxygen atoms in total. The molecule has 2 N–H and O–H groups in total. The fourth-order valence-corrected chi connectivity index (χ4v) is 5.01. The van der Waals surface area contributed by atoms with E-state index in [0.29, 0.717) is 6.61 Å². The third kappa shape index (κ3) is 4.43. The molecular formula is C31H32O4. The molecule has 0 aromatic heterocycles. The molecule has 4 heteroatoms. The fourth-order valence-electron chi connectivity index (χ4n) is 5.01. The highest BCUT2D eigenvalue weighted by Gasteiger charge is 2.45. The second-order valence-electron chi connectivity index (χ2n) is 8.48. The van der Waals surface area contributed by atoms with Gasteiger partial charge in [0.15, 0.2) is 0 Å². The summed E-state index contributed by atoms with van der Waals surface area (Å²) in [7, 11) is 1.00. The van der Waals surface area contributed by atoms with E-state index in [1.165, 1.54) is 33.4 Å². The number of hydrogen-bond donors (Lipinski definition) is 2. The standard InChI is InChI=1S/C30H28O3.CH4O/c1-3-32-24-16-12-22(13-17-24)30(23-14-18-25(19-15-23)33-20-21(2)31)28-10-6-4-8-26(28)27-9-5-7-11-29(27)30;1-2/h4-19,21,31H,3,20H2,1-2H3;2H,1H3. The van der Waals surface area contributed by atoms with Crippen molar-refractivity contribution in [2.45, 2.75) is 25.4 Å². The first-order valence-electron chi connectivity index (χ1n) is 11.9. The Bertz CT molecular complexity index is 1200. The van der Waals surface area contributed by atoms with Gasteiger partial charge in [-0.25, -0.2) is 0 Å². The van der Waals surface area contributed by atoms with Gasteiger partial charge in [-0.2, -0.15) is 0 Å². The van der Waals surface area contributed by atoms with Crippen LogP contribution in [-0.4, -0.2) is 36.6 Å². The summed E-state index contributed by atoms with van der Waals surface area (Å²) in [6.45, 7) is 4.64. The molecule has 1 aliphatic carbocycles. The molecule has 1 aliphatic rings. The fraction of sp³-hybridized carbons (Fsp3) is 0.226. The lowest BCUT2D eigenvalue weighted by Gasteiger charge is -2.34. The van der Waals surface area contributed by atoms with Crippen molar-refractivity contribution < 1.29 is 19.7 Å². The van der Waals surface area contributed by atoms with Crippen LogP contribution in [-0.2, 0) is 5.41 Å². The maximum Gasteiger partial charge on any atom is 0.119 e. The SMILES string of the molecule is CCOc1ccc(C2(c3ccc(OCC(C)O)cc3)c3ccccc3-c3ccccc32)cc1.CO. The molecule has 35 heavy (non-hydrogen) atoms. The molecular weight excluding hydrogens is 436 g/mol. The lowest BCUT2D eigenvalue weighted by Crippen LogP contribution is -2.28. The van der Waals surface area contributed by atoms with E-state index in [4.69, 9.17) is 14.6 Å². The van der Waals surface area contributed by atoms with Gasteiger partial charge in [0.25, 0.3) is 0 Å². The monoisotopic (exact) mass is 468 g/mol. The Morgan fingerprint density at radius 2 is 1.09 bits per heavy atom. The molecule has 0 saturated heterocycles. The Labute approximate surface area is 207 Å². The van der Waals surface area contributed by atoms with Gasteiger partial charge in [-0.15, -0.1) is 0 Å². The second kappa shape index (κ2) is 10.8. The van der Waals surface area contributed by atoms with Gasteiger partial charge < -0.3 is 19.7 Å². The number of aliphatic hydroxyl groups excluding tert-OH is 2. The van der Waals surface area contributed by atoms with Gasteiger partial charge >= 0.3 is 0 Å². The number of benzene rings is 4. The van der Waals surface area contributed by atoms with E-state index < -0.39 is 11.5 Å². The van der Waals surface area contributed by atoms with Crippen molar-refractivity contribution in [2.24, 2.45) is 0 Å². The van der Waals surface area contributed by atoms with Crippen molar-refractivity contribution in [1.29, 1.82) is 0 Å². The second-order valence-corrected chi connectivity index (χ2v) is 8.48. The van der Waals surface area contributed by atoms with Gasteiger partial charge in [-0.1, -0.05) is 72.8 Å². The highest BCUT2D eigenvalue weighted by atomic mass is 16.5. The number of rotatable bonds is 7. The minimum Gasteiger partial charge on any atom is -0.494 e. The van der Waals surface area contributed by atoms with Crippen LogP contribution in [0.2, 0.25) is 0 Å². The molecule has 0 bridgehead atoms. The van der Waals surface area contributed by atoms with E-state index in [1.807, 2.05) is 19.1 Å². The molecule has 4 aromatic rings. The molecule has 0 heterocycles. The predicted octanol–water partition coefficient (Wildman–Crippen LogP) is 5.82. The molecule has 4 aromatic carbocycles. The molecule has 1 atom stereocenters.